The quantitative estimate of drug-likeness (QED) is 0.349. The van der Waals surface area contributed by atoms with E-state index >= 15 is 0 Å². The van der Waals surface area contributed by atoms with Crippen LogP contribution in [-0.2, 0) is 19.0 Å². The number of methoxy groups -OCH3 is 1. The van der Waals surface area contributed by atoms with Crippen molar-refractivity contribution in [3.05, 3.63) is 47.0 Å². The average molecular weight is 542 g/mol. The Labute approximate surface area is 227 Å². The van der Waals surface area contributed by atoms with Crippen LogP contribution >= 0.6 is 0 Å². The first kappa shape index (κ1) is 28.5. The van der Waals surface area contributed by atoms with E-state index in [0.717, 1.165) is 36.0 Å². The van der Waals surface area contributed by atoms with Crippen molar-refractivity contribution in [1.82, 2.24) is 10.2 Å². The summed E-state index contributed by atoms with van der Waals surface area (Å²) in [5.41, 5.74) is 2.23. The molecule has 1 saturated carbocycles. The third-order valence-corrected chi connectivity index (χ3v) is 12.4. The van der Waals surface area contributed by atoms with Crippen molar-refractivity contribution in [2.75, 3.05) is 26.8 Å². The van der Waals surface area contributed by atoms with E-state index < -0.39 is 31.6 Å². The number of rotatable bonds is 8. The van der Waals surface area contributed by atoms with Gasteiger partial charge in [-0.25, -0.2) is 4.79 Å². The second kappa shape index (κ2) is 10.2. The fraction of sp³-hybridized carbons (Fsp3) is 0.621. The highest BCUT2D eigenvalue weighted by Crippen LogP contribution is 2.55. The second-order valence-corrected chi connectivity index (χ2v) is 18.1. The normalized spacial score (nSPS) is 20.9. The molecule has 1 aromatic rings. The van der Waals surface area contributed by atoms with Crippen LogP contribution in [0.1, 0.15) is 58.6 Å². The summed E-state index contributed by atoms with van der Waals surface area (Å²) < 4.78 is 17.4. The van der Waals surface area contributed by atoms with E-state index in [-0.39, 0.29) is 17.6 Å². The molecule has 2 amide bonds. The zero-order valence-electron chi connectivity index (χ0n) is 24.1. The van der Waals surface area contributed by atoms with E-state index in [1.54, 1.807) is 12.0 Å². The molecule has 3 aliphatic rings. The lowest BCUT2D eigenvalue weighted by molar-refractivity contribution is -0.210. The highest BCUT2D eigenvalue weighted by Gasteiger charge is 2.54. The third kappa shape index (κ3) is 5.20. The molecule has 0 spiro atoms. The van der Waals surface area contributed by atoms with Crippen molar-refractivity contribution in [1.29, 1.82) is 0 Å². The van der Waals surface area contributed by atoms with Gasteiger partial charge in [-0.3, -0.25) is 14.7 Å². The van der Waals surface area contributed by atoms with Gasteiger partial charge in [0.2, 0.25) is 5.91 Å². The van der Waals surface area contributed by atoms with Gasteiger partial charge in [0.05, 0.1) is 33.3 Å². The Morgan fingerprint density at radius 3 is 2.37 bits per heavy atom. The van der Waals surface area contributed by atoms with Crippen LogP contribution in [0.2, 0.25) is 24.7 Å². The van der Waals surface area contributed by atoms with Crippen molar-refractivity contribution in [3.63, 3.8) is 0 Å². The zero-order chi connectivity index (χ0) is 27.9. The van der Waals surface area contributed by atoms with Gasteiger partial charge < -0.3 is 19.5 Å². The SMILES string of the molecule is COC(C)(C)OC[C@@H](OC(=O)N1CC2=C(CN=C2NC(=O)C2([Si](C)(C)C)CCC2)C1(C)C)c1ccccc1. The molecule has 1 aliphatic carbocycles. The second-order valence-electron chi connectivity index (χ2n) is 12.6. The molecule has 2 heterocycles. The van der Waals surface area contributed by atoms with Crippen LogP contribution in [-0.4, -0.2) is 68.9 Å². The topological polar surface area (TPSA) is 89.5 Å². The first-order chi connectivity index (χ1) is 17.7. The molecule has 1 aromatic carbocycles. The Morgan fingerprint density at radius 1 is 1.16 bits per heavy atom. The number of hydrogen-bond acceptors (Lipinski definition) is 6. The van der Waals surface area contributed by atoms with Gasteiger partial charge in [0.25, 0.3) is 0 Å². The number of amidine groups is 1. The fourth-order valence-corrected chi connectivity index (χ4v) is 8.21. The van der Waals surface area contributed by atoms with Gasteiger partial charge in [0.1, 0.15) is 5.84 Å². The van der Waals surface area contributed by atoms with Gasteiger partial charge in [-0.2, -0.15) is 0 Å². The lowest BCUT2D eigenvalue weighted by Crippen LogP contribution is -2.55. The molecule has 4 rings (SSSR count). The van der Waals surface area contributed by atoms with E-state index in [0.29, 0.717) is 18.9 Å². The van der Waals surface area contributed by atoms with E-state index in [9.17, 15) is 9.59 Å². The summed E-state index contributed by atoms with van der Waals surface area (Å²) in [5.74, 6) is -0.106. The summed E-state index contributed by atoms with van der Waals surface area (Å²) in [5, 5.41) is 2.94. The lowest BCUT2D eigenvalue weighted by atomic mass is 9.83. The first-order valence-corrected chi connectivity index (χ1v) is 17.0. The third-order valence-electron chi connectivity index (χ3n) is 8.79. The molecule has 9 heteroatoms. The smallest absolute Gasteiger partial charge is 0.411 e. The Hall–Kier alpha value is -2.49. The number of amides is 2. The number of ether oxygens (including phenoxy) is 3. The van der Waals surface area contributed by atoms with Crippen LogP contribution in [0.25, 0.3) is 0 Å². The summed E-state index contributed by atoms with van der Waals surface area (Å²) in [6, 6.07) is 9.58. The molecule has 0 radical (unpaired) electrons. The van der Waals surface area contributed by atoms with Crippen molar-refractivity contribution in [2.24, 2.45) is 4.99 Å². The standard InChI is InChI=1S/C29H43N3O5Si/c1-27(2)22-17-30-24(31-25(33)29(15-12-16-29)38(6,7)8)21(22)18-32(27)26(34)37-23(19-36-28(3,4)35-5)20-13-10-9-11-14-20/h9-11,13-14,23H,12,15-19H2,1-8H3,(H,30,31,33)/t23-/m1/s1. The van der Waals surface area contributed by atoms with Gasteiger partial charge in [-0.05, 0) is 51.7 Å². The Kier molecular flexibility index (Phi) is 7.68. The fourth-order valence-electron chi connectivity index (χ4n) is 5.61. The van der Waals surface area contributed by atoms with Crippen molar-refractivity contribution in [2.45, 2.75) is 89.1 Å². The predicted molar refractivity (Wildman–Crippen MR) is 151 cm³/mol. The van der Waals surface area contributed by atoms with Crippen LogP contribution in [0.15, 0.2) is 46.5 Å². The van der Waals surface area contributed by atoms with Gasteiger partial charge in [0.15, 0.2) is 11.9 Å². The molecule has 0 unspecified atom stereocenters. The molecule has 1 atom stereocenters. The Morgan fingerprint density at radius 2 is 1.82 bits per heavy atom. The minimum absolute atomic E-state index is 0.0938. The average Bonchev–Trinajstić information content (AvgIpc) is 3.33. The zero-order valence-corrected chi connectivity index (χ0v) is 25.1. The van der Waals surface area contributed by atoms with Gasteiger partial charge >= 0.3 is 6.09 Å². The monoisotopic (exact) mass is 541 g/mol. The molecule has 1 N–H and O–H groups in total. The summed E-state index contributed by atoms with van der Waals surface area (Å²) >= 11 is 0. The Balaban J connectivity index is 1.48. The van der Waals surface area contributed by atoms with Crippen LogP contribution in [0.4, 0.5) is 4.79 Å². The molecule has 38 heavy (non-hydrogen) atoms. The molecular weight excluding hydrogens is 498 g/mol. The van der Waals surface area contributed by atoms with E-state index in [2.05, 4.69) is 25.0 Å². The number of nitrogens with one attached hydrogen (secondary N) is 1. The number of carbonyl (C=O) groups is 2. The molecular formula is C29H43N3O5Si. The largest absolute Gasteiger partial charge is 0.439 e. The minimum atomic E-state index is -1.72. The number of carbonyl (C=O) groups excluding carboxylic acids is 2. The van der Waals surface area contributed by atoms with E-state index in [1.165, 1.54) is 0 Å². The summed E-state index contributed by atoms with van der Waals surface area (Å²) in [6.07, 6.45) is 1.95. The summed E-state index contributed by atoms with van der Waals surface area (Å²) in [7, 11) is -0.135. The maximum absolute atomic E-state index is 13.6. The molecule has 1 fully saturated rings. The predicted octanol–water partition coefficient (Wildman–Crippen LogP) is 5.45. The minimum Gasteiger partial charge on any atom is -0.439 e. The van der Waals surface area contributed by atoms with Crippen molar-refractivity contribution < 1.29 is 23.8 Å². The van der Waals surface area contributed by atoms with E-state index in [4.69, 9.17) is 19.2 Å². The molecule has 0 bridgehead atoms. The van der Waals surface area contributed by atoms with Crippen LogP contribution in [0, 0.1) is 0 Å². The first-order valence-electron chi connectivity index (χ1n) is 13.5. The van der Waals surface area contributed by atoms with Gasteiger partial charge in [0, 0.05) is 17.7 Å². The molecule has 2 aliphatic heterocycles. The molecule has 208 valence electrons. The summed E-state index contributed by atoms with van der Waals surface area (Å²) in [6.45, 7) is 15.4. The molecule has 8 nitrogen and oxygen atoms in total. The lowest BCUT2D eigenvalue weighted by Gasteiger charge is -2.49. The van der Waals surface area contributed by atoms with Gasteiger partial charge in [-0.1, -0.05) is 56.4 Å². The highest BCUT2D eigenvalue weighted by atomic mass is 28.3. The molecule has 0 saturated heterocycles. The van der Waals surface area contributed by atoms with Crippen LogP contribution in [0.5, 0.6) is 0 Å². The van der Waals surface area contributed by atoms with Gasteiger partial charge in [-0.15, -0.1) is 0 Å². The number of benzene rings is 1. The van der Waals surface area contributed by atoms with E-state index in [1.807, 2.05) is 58.0 Å². The maximum atomic E-state index is 13.6. The highest BCUT2D eigenvalue weighted by molar-refractivity contribution is 6.82. The maximum Gasteiger partial charge on any atom is 0.411 e. The number of hydrogen-bond donors (Lipinski definition) is 1. The van der Waals surface area contributed by atoms with Crippen LogP contribution < -0.4 is 5.32 Å². The number of nitrogens with zero attached hydrogens (tertiary/aromatic N) is 2. The molecule has 0 aromatic heterocycles. The van der Waals surface area contributed by atoms with Crippen molar-refractivity contribution in [3.8, 4) is 0 Å². The summed E-state index contributed by atoms with van der Waals surface area (Å²) in [4.78, 5) is 33.5. The van der Waals surface area contributed by atoms with Crippen LogP contribution in [0.3, 0.4) is 0 Å². The Bertz CT molecular complexity index is 1130. The van der Waals surface area contributed by atoms with Crippen molar-refractivity contribution >= 4 is 25.9 Å². The number of aliphatic imine (C=N–C) groups is 1.